The molecule has 0 fully saturated rings. The number of hydrogen-bond donors (Lipinski definition) is 5. The van der Waals surface area contributed by atoms with E-state index in [4.69, 9.17) is 32.9 Å². The molecule has 1 aliphatic heterocycles. The zero-order chi connectivity index (χ0) is 29.7. The number of halogens is 2. The molecule has 0 radical (unpaired) electrons. The van der Waals surface area contributed by atoms with E-state index in [2.05, 4.69) is 20.9 Å². The van der Waals surface area contributed by atoms with Crippen LogP contribution in [0, 0.1) is 11.5 Å². The normalized spacial score (nSPS) is 14.5. The van der Waals surface area contributed by atoms with E-state index >= 15 is 0 Å². The second-order valence-corrected chi connectivity index (χ2v) is 10.1. The second kappa shape index (κ2) is 12.9. The van der Waals surface area contributed by atoms with Crippen molar-refractivity contribution in [3.63, 3.8) is 0 Å². The van der Waals surface area contributed by atoms with Gasteiger partial charge in [-0.25, -0.2) is 9.79 Å². The van der Waals surface area contributed by atoms with Gasteiger partial charge in [-0.3, -0.25) is 14.9 Å². The molecule has 1 aromatic heterocycles. The monoisotopic (exact) mass is 600 g/mol. The average molecular weight is 601 g/mol. The summed E-state index contributed by atoms with van der Waals surface area (Å²) >= 11 is 13.1. The highest BCUT2D eigenvalue weighted by atomic mass is 35.5. The number of rotatable bonds is 8. The number of nitrogens with zero attached hydrogens (tertiary/aromatic N) is 3. The lowest BCUT2D eigenvalue weighted by Crippen LogP contribution is -2.46. The van der Waals surface area contributed by atoms with E-state index in [-0.39, 0.29) is 40.6 Å². The fourth-order valence-electron chi connectivity index (χ4n) is 4.36. The second-order valence-electron chi connectivity index (χ2n) is 9.35. The number of guanidine groups is 1. The molecule has 5 N–H and O–H groups in total. The highest BCUT2D eigenvalue weighted by molar-refractivity contribution is 6.40. The molecule has 14 heteroatoms. The van der Waals surface area contributed by atoms with Gasteiger partial charge < -0.3 is 30.2 Å². The number of aliphatic imine (C=N–C) groups is 1. The minimum Gasteiger partial charge on any atom is -0.480 e. The number of carboxylic acid groups (broad SMARTS) is 1. The third-order valence-corrected chi connectivity index (χ3v) is 7.20. The number of fused-ring (bicyclic) bond motifs is 2. The van der Waals surface area contributed by atoms with Crippen molar-refractivity contribution in [2.45, 2.75) is 32.0 Å². The maximum absolute atomic E-state index is 13.2. The molecule has 3 aromatic rings. The Morgan fingerprint density at radius 1 is 1.22 bits per heavy atom. The van der Waals surface area contributed by atoms with Crippen LogP contribution >= 0.6 is 23.2 Å². The summed E-state index contributed by atoms with van der Waals surface area (Å²) < 4.78 is 5.40. The summed E-state index contributed by atoms with van der Waals surface area (Å²) in [5, 5.41) is 36.0. The minimum atomic E-state index is -1.48. The van der Waals surface area contributed by atoms with Gasteiger partial charge in [0.2, 0.25) is 5.96 Å². The molecule has 2 atom stereocenters. The van der Waals surface area contributed by atoms with Crippen LogP contribution in [0.2, 0.25) is 10.0 Å². The van der Waals surface area contributed by atoms with Crippen LogP contribution < -0.4 is 16.0 Å². The van der Waals surface area contributed by atoms with E-state index in [9.17, 15) is 24.6 Å². The molecule has 0 bridgehead atoms. The first-order valence-electron chi connectivity index (χ1n) is 12.5. The predicted octanol–water partition coefficient (Wildman–Crippen LogP) is 2.52. The van der Waals surface area contributed by atoms with E-state index in [1.165, 1.54) is 0 Å². The number of aliphatic hydroxyl groups excluding tert-OH is 1. The highest BCUT2D eigenvalue weighted by Crippen LogP contribution is 2.35. The third kappa shape index (κ3) is 6.71. The number of aliphatic carboxylic acids is 1. The van der Waals surface area contributed by atoms with Gasteiger partial charge in [-0.2, -0.15) is 5.26 Å². The predicted molar refractivity (Wildman–Crippen MR) is 151 cm³/mol. The third-order valence-electron chi connectivity index (χ3n) is 6.49. The molecule has 0 aliphatic carbocycles. The Balaban J connectivity index is 1.50. The molecule has 2 heterocycles. The number of nitriles is 1. The van der Waals surface area contributed by atoms with E-state index in [1.54, 1.807) is 42.5 Å². The molecule has 214 valence electrons. The zero-order valence-electron chi connectivity index (χ0n) is 21.8. The summed E-state index contributed by atoms with van der Waals surface area (Å²) in [7, 11) is 0. The molecule has 41 heavy (non-hydrogen) atoms. The van der Waals surface area contributed by atoms with Gasteiger partial charge in [0.15, 0.2) is 6.19 Å². The summed E-state index contributed by atoms with van der Waals surface area (Å²) in [6.07, 6.45) is 3.57. The molecule has 12 nitrogen and oxygen atoms in total. The molecule has 1 aliphatic rings. The maximum atomic E-state index is 13.2. The topological polar surface area (TPSA) is 180 Å². The average Bonchev–Trinajstić information content (AvgIpc) is 3.42. The van der Waals surface area contributed by atoms with Crippen molar-refractivity contribution in [3.8, 4) is 6.19 Å². The van der Waals surface area contributed by atoms with Crippen molar-refractivity contribution in [1.29, 1.82) is 5.26 Å². The molecule has 2 amide bonds. The molecular formula is C27H26Cl2N6O6. The van der Waals surface area contributed by atoms with E-state index in [0.29, 0.717) is 35.2 Å². The van der Waals surface area contributed by atoms with E-state index in [1.807, 2.05) is 12.1 Å². The van der Waals surface area contributed by atoms with Crippen LogP contribution in [-0.2, 0) is 17.8 Å². The number of nitrogens with one attached hydrogen (secondary N) is 3. The Kier molecular flexibility index (Phi) is 9.34. The van der Waals surface area contributed by atoms with Crippen LogP contribution in [0.1, 0.15) is 38.8 Å². The molecule has 2 aromatic carbocycles. The van der Waals surface area contributed by atoms with Crippen molar-refractivity contribution < 1.29 is 29.0 Å². The summed E-state index contributed by atoms with van der Waals surface area (Å²) in [6.45, 7) is 1.49. The molecular weight excluding hydrogens is 575 g/mol. The van der Waals surface area contributed by atoms with Crippen molar-refractivity contribution >= 4 is 57.9 Å². The number of amides is 2. The van der Waals surface area contributed by atoms with Gasteiger partial charge in [0.1, 0.15) is 11.6 Å². The smallest absolute Gasteiger partial charge is 0.328 e. The van der Waals surface area contributed by atoms with Crippen LogP contribution in [0.15, 0.2) is 46.0 Å². The van der Waals surface area contributed by atoms with Crippen molar-refractivity contribution in [3.05, 3.63) is 68.9 Å². The molecule has 4 rings (SSSR count). The number of benzene rings is 2. The van der Waals surface area contributed by atoms with Crippen LogP contribution in [0.5, 0.6) is 0 Å². The highest BCUT2D eigenvalue weighted by Gasteiger charge is 2.29. The lowest BCUT2D eigenvalue weighted by molar-refractivity contribution is -0.138. The van der Waals surface area contributed by atoms with E-state index in [0.717, 1.165) is 5.39 Å². The number of aliphatic hydroxyl groups is 1. The minimum absolute atomic E-state index is 0.00420. The first-order valence-corrected chi connectivity index (χ1v) is 13.2. The Labute approximate surface area is 244 Å². The largest absolute Gasteiger partial charge is 0.480 e. The van der Waals surface area contributed by atoms with Crippen molar-refractivity contribution in [1.82, 2.24) is 20.9 Å². The Hall–Kier alpha value is -4.31. The summed E-state index contributed by atoms with van der Waals surface area (Å²) in [4.78, 5) is 43.8. The SMILES string of the molecule is C[C@@H](CO)NC(=NC[C@H](NC(=O)c1c(Cl)cc2c(c1Cl)CCN(C(=O)c1ccc3ccoc3c1)C2)C(=O)O)NC#N. The first-order chi connectivity index (χ1) is 19.6. The van der Waals surface area contributed by atoms with Gasteiger partial charge in [-0.1, -0.05) is 29.3 Å². The van der Waals surface area contributed by atoms with E-state index < -0.39 is 30.5 Å². The summed E-state index contributed by atoms with van der Waals surface area (Å²) in [5.41, 5.74) is 2.30. The molecule has 0 saturated heterocycles. The van der Waals surface area contributed by atoms with Crippen molar-refractivity contribution in [2.75, 3.05) is 19.7 Å². The number of carbonyl (C=O) groups excluding carboxylic acids is 2. The van der Waals surface area contributed by atoms with Crippen molar-refractivity contribution in [2.24, 2.45) is 4.99 Å². The first kappa shape index (κ1) is 29.7. The standard InChI is InChI=1S/C27H26Cl2N6O6/c1-14(12-36)33-27(32-13-30)31-10-20(26(39)40)34-24(37)22-19(28)8-17-11-35(6-4-18(17)23(22)29)25(38)16-3-2-15-5-7-41-21(15)9-16/h2-3,5,7-9,14,20,36H,4,6,10-12H2,1H3,(H,34,37)(H,39,40)(H2,31,32,33)/t14-,20-/m0/s1. The fraction of sp³-hybridized carbons (Fsp3) is 0.296. The Bertz CT molecular complexity index is 1570. The molecule has 0 spiro atoms. The Morgan fingerprint density at radius 2 is 2.00 bits per heavy atom. The summed E-state index contributed by atoms with van der Waals surface area (Å²) in [5.74, 6) is -2.45. The lowest BCUT2D eigenvalue weighted by atomic mass is 9.96. The van der Waals surface area contributed by atoms with Crippen LogP contribution in [0.4, 0.5) is 0 Å². The number of carbonyl (C=O) groups is 3. The summed E-state index contributed by atoms with van der Waals surface area (Å²) in [6, 6.07) is 6.64. The van der Waals surface area contributed by atoms with Gasteiger partial charge in [0, 0.05) is 30.1 Å². The van der Waals surface area contributed by atoms with Crippen LogP contribution in [0.3, 0.4) is 0 Å². The van der Waals surface area contributed by atoms with Gasteiger partial charge in [-0.05, 0) is 48.7 Å². The number of carboxylic acids is 1. The van der Waals surface area contributed by atoms with Gasteiger partial charge in [0.25, 0.3) is 11.8 Å². The number of furan rings is 1. The zero-order valence-corrected chi connectivity index (χ0v) is 23.3. The quantitative estimate of drug-likeness (QED) is 0.112. The molecule has 0 unspecified atom stereocenters. The van der Waals surface area contributed by atoms with Crippen LogP contribution in [0.25, 0.3) is 11.0 Å². The lowest BCUT2D eigenvalue weighted by Gasteiger charge is -2.30. The van der Waals surface area contributed by atoms with Gasteiger partial charge in [0.05, 0.1) is 35.0 Å². The van der Waals surface area contributed by atoms with Gasteiger partial charge >= 0.3 is 5.97 Å². The maximum Gasteiger partial charge on any atom is 0.328 e. The fourth-order valence-corrected chi connectivity index (χ4v) is 5.12. The Morgan fingerprint density at radius 3 is 2.71 bits per heavy atom. The number of hydrogen-bond acceptors (Lipinski definition) is 7. The molecule has 0 saturated carbocycles. The van der Waals surface area contributed by atoms with Crippen LogP contribution in [-0.4, -0.2) is 70.6 Å². The van der Waals surface area contributed by atoms with Gasteiger partial charge in [-0.15, -0.1) is 0 Å².